The fraction of sp³-hybridized carbons (Fsp3) is 0.571. The van der Waals surface area contributed by atoms with Crippen molar-refractivity contribution in [1.82, 2.24) is 4.72 Å². The maximum Gasteiger partial charge on any atom is 0.242 e. The van der Waals surface area contributed by atoms with E-state index in [2.05, 4.69) is 18.6 Å². The van der Waals surface area contributed by atoms with Crippen LogP contribution in [0.1, 0.15) is 39.5 Å². The van der Waals surface area contributed by atoms with Gasteiger partial charge in [0, 0.05) is 6.04 Å². The smallest absolute Gasteiger partial charge is 0.242 e. The molecule has 0 aromatic heterocycles. The Morgan fingerprint density at radius 1 is 1.24 bits per heavy atom. The SMILES string of the molecule is CC1(C)CCC(NS(=O)(=O)c2ccc(Cl)c(N)c2Cl)CC1. The zero-order chi connectivity index (χ0) is 15.8. The molecule has 7 heteroatoms. The van der Waals surface area contributed by atoms with E-state index >= 15 is 0 Å². The van der Waals surface area contributed by atoms with E-state index in [1.54, 1.807) is 0 Å². The molecule has 1 aromatic rings. The van der Waals surface area contributed by atoms with Crippen LogP contribution in [0.3, 0.4) is 0 Å². The number of nitrogens with two attached hydrogens (primary N) is 1. The maximum absolute atomic E-state index is 12.5. The predicted octanol–water partition coefficient (Wildman–Crippen LogP) is 3.82. The number of sulfonamides is 1. The number of hydrogen-bond donors (Lipinski definition) is 2. The largest absolute Gasteiger partial charge is 0.396 e. The first-order valence-corrected chi connectivity index (χ1v) is 9.12. The van der Waals surface area contributed by atoms with Crippen molar-refractivity contribution in [1.29, 1.82) is 0 Å². The summed E-state index contributed by atoms with van der Waals surface area (Å²) in [6.07, 6.45) is 3.65. The fourth-order valence-corrected chi connectivity index (χ4v) is 4.63. The molecule has 0 heterocycles. The number of nitrogen functional groups attached to an aromatic ring is 1. The number of halogens is 2. The van der Waals surface area contributed by atoms with Gasteiger partial charge in [-0.1, -0.05) is 37.0 Å². The molecule has 1 aliphatic rings. The molecule has 1 aromatic carbocycles. The van der Waals surface area contributed by atoms with Gasteiger partial charge in [0.05, 0.1) is 15.7 Å². The second-order valence-electron chi connectivity index (χ2n) is 6.33. The molecule has 118 valence electrons. The molecule has 2 rings (SSSR count). The van der Waals surface area contributed by atoms with E-state index in [4.69, 9.17) is 28.9 Å². The summed E-state index contributed by atoms with van der Waals surface area (Å²) in [4.78, 5) is -0.0177. The Bertz CT molecular complexity index is 635. The first kappa shape index (κ1) is 16.9. The highest BCUT2D eigenvalue weighted by Crippen LogP contribution is 2.37. The maximum atomic E-state index is 12.5. The molecule has 0 atom stereocenters. The summed E-state index contributed by atoms with van der Waals surface area (Å²) in [5.41, 5.74) is 6.06. The molecule has 4 nitrogen and oxygen atoms in total. The fourth-order valence-electron chi connectivity index (χ4n) is 2.56. The number of hydrogen-bond acceptors (Lipinski definition) is 3. The lowest BCUT2D eigenvalue weighted by Gasteiger charge is -2.34. The summed E-state index contributed by atoms with van der Waals surface area (Å²) in [5, 5.41) is 0.226. The van der Waals surface area contributed by atoms with Crippen LogP contribution in [0.5, 0.6) is 0 Å². The Morgan fingerprint density at radius 2 is 1.81 bits per heavy atom. The van der Waals surface area contributed by atoms with Crippen LogP contribution in [-0.2, 0) is 10.0 Å². The van der Waals surface area contributed by atoms with E-state index in [0.717, 1.165) is 25.7 Å². The van der Waals surface area contributed by atoms with Gasteiger partial charge in [-0.3, -0.25) is 0 Å². The van der Waals surface area contributed by atoms with Crippen molar-refractivity contribution < 1.29 is 8.42 Å². The van der Waals surface area contributed by atoms with E-state index in [0.29, 0.717) is 0 Å². The van der Waals surface area contributed by atoms with Crippen LogP contribution >= 0.6 is 23.2 Å². The standard InChI is InChI=1S/C14H20Cl2N2O2S/c1-14(2)7-5-9(6-8-14)18-21(19,20)11-4-3-10(15)13(17)12(11)16/h3-4,9,18H,5-8,17H2,1-2H3. The minimum absolute atomic E-state index is 0.0177. The molecular formula is C14H20Cl2N2O2S. The quantitative estimate of drug-likeness (QED) is 0.813. The molecule has 1 saturated carbocycles. The van der Waals surface area contributed by atoms with Crippen molar-refractivity contribution in [3.63, 3.8) is 0 Å². The lowest BCUT2D eigenvalue weighted by atomic mass is 9.76. The van der Waals surface area contributed by atoms with Crippen LogP contribution in [0, 0.1) is 5.41 Å². The van der Waals surface area contributed by atoms with Crippen molar-refractivity contribution in [3.8, 4) is 0 Å². The summed E-state index contributed by atoms with van der Waals surface area (Å²) in [7, 11) is -3.69. The Morgan fingerprint density at radius 3 is 2.38 bits per heavy atom. The highest BCUT2D eigenvalue weighted by molar-refractivity contribution is 7.89. The third-order valence-corrected chi connectivity index (χ3v) is 6.45. The van der Waals surface area contributed by atoms with E-state index in [-0.39, 0.29) is 32.1 Å². The second-order valence-corrected chi connectivity index (χ2v) is 8.80. The topological polar surface area (TPSA) is 72.2 Å². The van der Waals surface area contributed by atoms with Crippen molar-refractivity contribution in [2.75, 3.05) is 5.73 Å². The van der Waals surface area contributed by atoms with E-state index in [1.165, 1.54) is 12.1 Å². The Labute approximate surface area is 136 Å². The van der Waals surface area contributed by atoms with Crippen LogP contribution in [0.4, 0.5) is 5.69 Å². The first-order valence-electron chi connectivity index (χ1n) is 6.88. The van der Waals surface area contributed by atoms with Crippen molar-refractivity contribution >= 4 is 38.9 Å². The minimum atomic E-state index is -3.69. The van der Waals surface area contributed by atoms with Crippen LogP contribution in [0.25, 0.3) is 0 Å². The summed E-state index contributed by atoms with van der Waals surface area (Å²) in [6, 6.07) is 2.77. The zero-order valence-corrected chi connectivity index (χ0v) is 14.4. The molecule has 0 amide bonds. The zero-order valence-electron chi connectivity index (χ0n) is 12.1. The molecule has 0 bridgehead atoms. The van der Waals surface area contributed by atoms with Crippen molar-refractivity contribution in [2.45, 2.75) is 50.5 Å². The van der Waals surface area contributed by atoms with Crippen molar-refractivity contribution in [2.24, 2.45) is 5.41 Å². The average Bonchev–Trinajstić information content (AvgIpc) is 2.38. The number of rotatable bonds is 3. The lowest BCUT2D eigenvalue weighted by molar-refractivity contribution is 0.218. The minimum Gasteiger partial charge on any atom is -0.396 e. The van der Waals surface area contributed by atoms with Gasteiger partial charge >= 0.3 is 0 Å². The monoisotopic (exact) mass is 350 g/mol. The van der Waals surface area contributed by atoms with Crippen LogP contribution in [0.2, 0.25) is 10.0 Å². The molecule has 0 radical (unpaired) electrons. The summed E-state index contributed by atoms with van der Waals surface area (Å²) in [6.45, 7) is 4.41. The second kappa shape index (κ2) is 5.95. The van der Waals surface area contributed by atoms with Gasteiger partial charge in [-0.25, -0.2) is 13.1 Å². The van der Waals surface area contributed by atoms with Gasteiger partial charge in [-0.2, -0.15) is 0 Å². The highest BCUT2D eigenvalue weighted by Gasteiger charge is 2.30. The summed E-state index contributed by atoms with van der Waals surface area (Å²) in [5.74, 6) is 0. The highest BCUT2D eigenvalue weighted by atomic mass is 35.5. The molecule has 0 spiro atoms. The summed E-state index contributed by atoms with van der Waals surface area (Å²) >= 11 is 11.9. The molecule has 0 saturated heterocycles. The molecular weight excluding hydrogens is 331 g/mol. The predicted molar refractivity (Wildman–Crippen MR) is 87.2 cm³/mol. The first-order chi connectivity index (χ1) is 9.62. The Hall–Kier alpha value is -0.490. The van der Waals surface area contributed by atoms with Gasteiger partial charge in [-0.05, 0) is 43.2 Å². The Kier molecular flexibility index (Phi) is 4.78. The molecule has 1 fully saturated rings. The molecule has 21 heavy (non-hydrogen) atoms. The van der Waals surface area contributed by atoms with Gasteiger partial charge < -0.3 is 5.73 Å². The third kappa shape index (κ3) is 3.83. The molecule has 3 N–H and O–H groups in total. The number of nitrogens with one attached hydrogen (secondary N) is 1. The number of anilines is 1. The van der Waals surface area contributed by atoms with Crippen molar-refractivity contribution in [3.05, 3.63) is 22.2 Å². The summed E-state index contributed by atoms with van der Waals surface area (Å²) < 4.78 is 27.6. The molecule has 0 unspecified atom stereocenters. The van der Waals surface area contributed by atoms with Gasteiger partial charge in [-0.15, -0.1) is 0 Å². The van der Waals surface area contributed by atoms with Gasteiger partial charge in [0.1, 0.15) is 4.90 Å². The third-order valence-electron chi connectivity index (χ3n) is 4.04. The lowest BCUT2D eigenvalue weighted by Crippen LogP contribution is -2.39. The van der Waals surface area contributed by atoms with Crippen LogP contribution in [0.15, 0.2) is 17.0 Å². The Balaban J connectivity index is 2.18. The van der Waals surface area contributed by atoms with E-state index in [1.807, 2.05) is 0 Å². The molecule has 1 aliphatic carbocycles. The van der Waals surface area contributed by atoms with Gasteiger partial charge in [0.15, 0.2) is 0 Å². The molecule has 0 aliphatic heterocycles. The average molecular weight is 351 g/mol. The van der Waals surface area contributed by atoms with E-state index < -0.39 is 10.0 Å². The number of benzene rings is 1. The van der Waals surface area contributed by atoms with Crippen LogP contribution < -0.4 is 10.5 Å². The van der Waals surface area contributed by atoms with Crippen LogP contribution in [-0.4, -0.2) is 14.5 Å². The van der Waals surface area contributed by atoms with Gasteiger partial charge in [0.2, 0.25) is 10.0 Å². The van der Waals surface area contributed by atoms with E-state index in [9.17, 15) is 8.42 Å². The van der Waals surface area contributed by atoms with Gasteiger partial charge in [0.25, 0.3) is 0 Å². The normalized spacial score (nSPS) is 19.6.